The molecule has 2 aromatic carbocycles. The van der Waals surface area contributed by atoms with Gasteiger partial charge in [-0.3, -0.25) is 4.79 Å². The summed E-state index contributed by atoms with van der Waals surface area (Å²) in [5, 5.41) is 0. The largest absolute Gasteiger partial charge is 0.457 e. The van der Waals surface area contributed by atoms with Gasteiger partial charge in [-0.2, -0.15) is 0 Å². The van der Waals surface area contributed by atoms with Gasteiger partial charge in [-0.25, -0.2) is 14.5 Å². The Kier molecular flexibility index (Phi) is 7.52. The smallest absolute Gasteiger partial charge is 0.416 e. The van der Waals surface area contributed by atoms with Crippen LogP contribution in [0.15, 0.2) is 72.8 Å². The molecule has 1 saturated heterocycles. The second-order valence-electron chi connectivity index (χ2n) is 7.87. The monoisotopic (exact) mass is 463 g/mol. The number of amides is 2. The molecule has 1 aliphatic heterocycles. The summed E-state index contributed by atoms with van der Waals surface area (Å²) in [4.78, 5) is 39.9. The van der Waals surface area contributed by atoms with E-state index in [0.29, 0.717) is 24.1 Å². The van der Waals surface area contributed by atoms with Crippen molar-refractivity contribution in [1.82, 2.24) is 4.90 Å². The van der Waals surface area contributed by atoms with E-state index < -0.39 is 6.09 Å². The lowest BCUT2D eigenvalue weighted by atomic mass is 10.1. The number of cyclic esters (lactones) is 1. The van der Waals surface area contributed by atoms with Gasteiger partial charge in [-0.05, 0) is 42.5 Å². The first kappa shape index (κ1) is 22.7. The standard InChI is InChI=1S/C26H25NO5S/c28-24(27-21(18-32-26(27)30)16-19-8-3-1-4-9-19)13-7-12-22-14-15-23(33-22)25(29)31-17-20-10-5-2-6-11-20/h1-6,8-11,14-15,21H,7,12-13,16-18H2/t21-/m1/s1. The van der Waals surface area contributed by atoms with Crippen LogP contribution in [0.4, 0.5) is 4.79 Å². The van der Waals surface area contributed by atoms with Crippen molar-refractivity contribution in [3.8, 4) is 0 Å². The Labute approximate surface area is 196 Å². The maximum Gasteiger partial charge on any atom is 0.416 e. The average Bonchev–Trinajstić information content (AvgIpc) is 3.45. The van der Waals surface area contributed by atoms with Crippen molar-refractivity contribution < 1.29 is 23.9 Å². The first-order chi connectivity index (χ1) is 16.1. The number of hydrogen-bond acceptors (Lipinski definition) is 6. The van der Waals surface area contributed by atoms with Crippen LogP contribution >= 0.6 is 11.3 Å². The second kappa shape index (κ2) is 10.9. The number of aryl methyl sites for hydroxylation is 1. The highest BCUT2D eigenvalue weighted by Gasteiger charge is 2.37. The van der Waals surface area contributed by atoms with Crippen LogP contribution in [0.1, 0.15) is 38.5 Å². The Morgan fingerprint density at radius 2 is 1.67 bits per heavy atom. The van der Waals surface area contributed by atoms with Crippen LogP contribution in [-0.2, 0) is 33.7 Å². The molecule has 6 nitrogen and oxygen atoms in total. The molecule has 7 heteroatoms. The van der Waals surface area contributed by atoms with Crippen LogP contribution in [0.5, 0.6) is 0 Å². The van der Waals surface area contributed by atoms with Crippen molar-refractivity contribution in [2.45, 2.75) is 38.3 Å². The van der Waals surface area contributed by atoms with Crippen LogP contribution < -0.4 is 0 Å². The lowest BCUT2D eigenvalue weighted by Crippen LogP contribution is -2.40. The molecule has 1 fully saturated rings. The minimum Gasteiger partial charge on any atom is -0.457 e. The molecule has 0 radical (unpaired) electrons. The number of ether oxygens (including phenoxy) is 2. The predicted octanol–water partition coefficient (Wildman–Crippen LogP) is 5.02. The highest BCUT2D eigenvalue weighted by molar-refractivity contribution is 7.13. The van der Waals surface area contributed by atoms with Gasteiger partial charge in [0.2, 0.25) is 5.91 Å². The Morgan fingerprint density at radius 3 is 2.39 bits per heavy atom. The van der Waals surface area contributed by atoms with E-state index in [1.54, 1.807) is 6.07 Å². The van der Waals surface area contributed by atoms with Gasteiger partial charge in [0.1, 0.15) is 18.1 Å². The summed E-state index contributed by atoms with van der Waals surface area (Å²) in [6.45, 7) is 0.455. The fraction of sp³-hybridized carbons (Fsp3) is 0.269. The molecule has 0 saturated carbocycles. The zero-order chi connectivity index (χ0) is 23.0. The molecule has 0 spiro atoms. The maximum absolute atomic E-state index is 12.7. The Hall–Kier alpha value is -3.45. The molecule has 0 bridgehead atoms. The van der Waals surface area contributed by atoms with Crippen molar-refractivity contribution in [3.63, 3.8) is 0 Å². The number of carbonyl (C=O) groups is 3. The number of thiophene rings is 1. The minimum absolute atomic E-state index is 0.221. The number of rotatable bonds is 9. The van der Waals surface area contributed by atoms with Crippen LogP contribution in [-0.4, -0.2) is 35.5 Å². The molecule has 4 rings (SSSR count). The topological polar surface area (TPSA) is 72.9 Å². The van der Waals surface area contributed by atoms with E-state index in [9.17, 15) is 14.4 Å². The van der Waals surface area contributed by atoms with Gasteiger partial charge in [0, 0.05) is 11.3 Å². The van der Waals surface area contributed by atoms with Crippen LogP contribution in [0.3, 0.4) is 0 Å². The van der Waals surface area contributed by atoms with E-state index in [4.69, 9.17) is 9.47 Å². The molecule has 0 aliphatic carbocycles. The normalized spacial score (nSPS) is 15.3. The highest BCUT2D eigenvalue weighted by atomic mass is 32.1. The van der Waals surface area contributed by atoms with E-state index in [0.717, 1.165) is 16.0 Å². The molecule has 1 aliphatic rings. The van der Waals surface area contributed by atoms with Gasteiger partial charge in [0.25, 0.3) is 0 Å². The van der Waals surface area contributed by atoms with Gasteiger partial charge in [-0.1, -0.05) is 60.7 Å². The summed E-state index contributed by atoms with van der Waals surface area (Å²) in [7, 11) is 0. The van der Waals surface area contributed by atoms with Crippen molar-refractivity contribution in [3.05, 3.63) is 93.7 Å². The lowest BCUT2D eigenvalue weighted by molar-refractivity contribution is -0.129. The molecule has 0 N–H and O–H groups in total. The summed E-state index contributed by atoms with van der Waals surface area (Å²) in [6, 6.07) is 22.7. The number of carbonyl (C=O) groups excluding carboxylic acids is 3. The van der Waals surface area contributed by atoms with Gasteiger partial charge >= 0.3 is 12.1 Å². The van der Waals surface area contributed by atoms with Crippen LogP contribution in [0, 0.1) is 0 Å². The van der Waals surface area contributed by atoms with E-state index in [1.807, 2.05) is 66.7 Å². The van der Waals surface area contributed by atoms with Gasteiger partial charge in [-0.15, -0.1) is 11.3 Å². The molecule has 2 amide bonds. The molecule has 170 valence electrons. The molecule has 1 atom stereocenters. The number of benzene rings is 2. The number of nitrogens with zero attached hydrogens (tertiary/aromatic N) is 1. The van der Waals surface area contributed by atoms with Crippen molar-refractivity contribution >= 4 is 29.3 Å². The molecule has 3 aromatic rings. The highest BCUT2D eigenvalue weighted by Crippen LogP contribution is 2.22. The Morgan fingerprint density at radius 1 is 0.970 bits per heavy atom. The van der Waals surface area contributed by atoms with E-state index in [-0.39, 0.29) is 37.6 Å². The zero-order valence-electron chi connectivity index (χ0n) is 18.1. The van der Waals surface area contributed by atoms with Crippen molar-refractivity contribution in [2.75, 3.05) is 6.61 Å². The fourth-order valence-electron chi connectivity index (χ4n) is 3.75. The first-order valence-electron chi connectivity index (χ1n) is 10.9. The molecule has 2 heterocycles. The minimum atomic E-state index is -0.569. The average molecular weight is 464 g/mol. The molecule has 1 aromatic heterocycles. The summed E-state index contributed by atoms with van der Waals surface area (Å²) in [5.41, 5.74) is 2.00. The summed E-state index contributed by atoms with van der Waals surface area (Å²) < 4.78 is 10.5. The number of imide groups is 1. The summed E-state index contributed by atoms with van der Waals surface area (Å²) in [6.07, 6.45) is 1.48. The zero-order valence-corrected chi connectivity index (χ0v) is 19.0. The van der Waals surface area contributed by atoms with E-state index >= 15 is 0 Å². The number of hydrogen-bond donors (Lipinski definition) is 0. The fourth-order valence-corrected chi connectivity index (χ4v) is 4.70. The first-order valence-corrected chi connectivity index (χ1v) is 11.7. The molecule has 0 unspecified atom stereocenters. The SMILES string of the molecule is O=C(OCc1ccccc1)c1ccc(CCCC(=O)N2C(=O)OC[C@H]2Cc2ccccc2)s1. The third kappa shape index (κ3) is 6.08. The lowest BCUT2D eigenvalue weighted by Gasteiger charge is -2.19. The van der Waals surface area contributed by atoms with E-state index in [2.05, 4.69) is 0 Å². The number of esters is 1. The van der Waals surface area contributed by atoms with Crippen LogP contribution in [0.2, 0.25) is 0 Å². The Bertz CT molecular complexity index is 1100. The third-order valence-corrected chi connectivity index (χ3v) is 6.56. The quantitative estimate of drug-likeness (QED) is 0.417. The van der Waals surface area contributed by atoms with Crippen LogP contribution in [0.25, 0.3) is 0 Å². The maximum atomic E-state index is 12.7. The van der Waals surface area contributed by atoms with Gasteiger partial charge in [0.15, 0.2) is 0 Å². The Balaban J connectivity index is 1.25. The van der Waals surface area contributed by atoms with E-state index in [1.165, 1.54) is 16.2 Å². The summed E-state index contributed by atoms with van der Waals surface area (Å²) in [5.74, 6) is -0.577. The predicted molar refractivity (Wildman–Crippen MR) is 125 cm³/mol. The van der Waals surface area contributed by atoms with Crippen molar-refractivity contribution in [1.29, 1.82) is 0 Å². The van der Waals surface area contributed by atoms with Gasteiger partial charge < -0.3 is 9.47 Å². The second-order valence-corrected chi connectivity index (χ2v) is 9.03. The van der Waals surface area contributed by atoms with Gasteiger partial charge in [0.05, 0.1) is 6.04 Å². The summed E-state index contributed by atoms with van der Waals surface area (Å²) >= 11 is 1.37. The third-order valence-electron chi connectivity index (χ3n) is 5.43. The molecular formula is C26H25NO5S. The molecule has 33 heavy (non-hydrogen) atoms. The van der Waals surface area contributed by atoms with Crippen molar-refractivity contribution in [2.24, 2.45) is 0 Å². The molecular weight excluding hydrogens is 438 g/mol.